The molecule has 8 heteroatoms. The number of amides is 1. The van der Waals surface area contributed by atoms with Gasteiger partial charge in [-0.1, -0.05) is 35.0 Å². The van der Waals surface area contributed by atoms with Gasteiger partial charge in [-0.05, 0) is 50.1 Å². The van der Waals surface area contributed by atoms with Crippen molar-refractivity contribution < 1.29 is 18.8 Å². The normalized spacial score (nSPS) is 16.3. The number of hydrogen-bond acceptors (Lipinski definition) is 7. The van der Waals surface area contributed by atoms with Crippen molar-refractivity contribution in [2.45, 2.75) is 32.9 Å². The van der Waals surface area contributed by atoms with Crippen molar-refractivity contribution in [3.63, 3.8) is 0 Å². The van der Waals surface area contributed by atoms with Crippen molar-refractivity contribution in [3.05, 3.63) is 59.5 Å². The Morgan fingerprint density at radius 3 is 2.65 bits per heavy atom. The summed E-state index contributed by atoms with van der Waals surface area (Å²) in [5.74, 6) is 2.44. The van der Waals surface area contributed by atoms with Crippen LogP contribution < -0.4 is 9.47 Å². The Hall–Kier alpha value is -3.39. The molecule has 0 N–H and O–H groups in total. The first-order chi connectivity index (χ1) is 16.5. The quantitative estimate of drug-likeness (QED) is 0.500. The molecular weight excluding hydrogens is 432 g/mol. The van der Waals surface area contributed by atoms with Crippen molar-refractivity contribution in [3.8, 4) is 22.9 Å². The number of rotatable bonds is 8. The Balaban J connectivity index is 1.36. The third-order valence-corrected chi connectivity index (χ3v) is 6.24. The fraction of sp³-hybridized carbons (Fsp3) is 0.423. The Labute approximate surface area is 200 Å². The van der Waals surface area contributed by atoms with E-state index in [-0.39, 0.29) is 11.8 Å². The lowest BCUT2D eigenvalue weighted by molar-refractivity contribution is -0.136. The predicted octanol–water partition coefficient (Wildman–Crippen LogP) is 3.93. The molecular formula is C26H32N4O4. The molecule has 1 amide bonds. The molecule has 0 spiro atoms. The van der Waals surface area contributed by atoms with Crippen LogP contribution in [0.25, 0.3) is 11.4 Å². The highest BCUT2D eigenvalue weighted by Gasteiger charge is 2.29. The maximum absolute atomic E-state index is 13.1. The molecule has 180 valence electrons. The fourth-order valence-electron chi connectivity index (χ4n) is 4.36. The average Bonchev–Trinajstić information content (AvgIpc) is 3.33. The first-order valence-electron chi connectivity index (χ1n) is 11.5. The number of hydrogen-bond donors (Lipinski definition) is 0. The maximum Gasteiger partial charge on any atom is 0.241 e. The number of piperidine rings is 1. The molecule has 2 heterocycles. The van der Waals surface area contributed by atoms with Gasteiger partial charge in [0.2, 0.25) is 17.6 Å². The largest absolute Gasteiger partial charge is 0.493 e. The van der Waals surface area contributed by atoms with E-state index in [2.05, 4.69) is 46.2 Å². The van der Waals surface area contributed by atoms with Crippen LogP contribution in [-0.4, -0.2) is 60.2 Å². The third kappa shape index (κ3) is 5.56. The number of aryl methyl sites for hydroxylation is 1. The van der Waals surface area contributed by atoms with Gasteiger partial charge in [-0.25, -0.2) is 0 Å². The molecule has 0 bridgehead atoms. The van der Waals surface area contributed by atoms with Crippen LogP contribution in [0.2, 0.25) is 0 Å². The number of aromatic nitrogens is 2. The van der Waals surface area contributed by atoms with Crippen molar-refractivity contribution in [2.24, 2.45) is 5.92 Å². The Morgan fingerprint density at radius 1 is 1.15 bits per heavy atom. The summed E-state index contributed by atoms with van der Waals surface area (Å²) < 4.78 is 16.2. The van der Waals surface area contributed by atoms with Crippen molar-refractivity contribution in [1.29, 1.82) is 0 Å². The lowest BCUT2D eigenvalue weighted by Crippen LogP contribution is -2.43. The molecule has 34 heavy (non-hydrogen) atoms. The number of nitrogens with zero attached hydrogens (tertiary/aromatic N) is 4. The number of methoxy groups -OCH3 is 2. The SMILES string of the molecule is COc1ccc(-c2noc(CN3CCCC(C(=O)N(C)Cc4ccc(C)cc4)C3)n2)cc1OC. The maximum atomic E-state index is 13.1. The van der Waals surface area contributed by atoms with Crippen molar-refractivity contribution >= 4 is 5.91 Å². The van der Waals surface area contributed by atoms with Crippen LogP contribution in [0.5, 0.6) is 11.5 Å². The highest BCUT2D eigenvalue weighted by Crippen LogP contribution is 2.31. The van der Waals surface area contributed by atoms with Crippen LogP contribution in [-0.2, 0) is 17.9 Å². The molecule has 1 unspecified atom stereocenters. The summed E-state index contributed by atoms with van der Waals surface area (Å²) in [6.45, 7) is 4.79. The summed E-state index contributed by atoms with van der Waals surface area (Å²) in [4.78, 5) is 21.7. The van der Waals surface area contributed by atoms with E-state index in [9.17, 15) is 4.79 Å². The number of carbonyl (C=O) groups is 1. The van der Waals surface area contributed by atoms with E-state index in [1.54, 1.807) is 14.2 Å². The van der Waals surface area contributed by atoms with Gasteiger partial charge < -0.3 is 18.9 Å². The Bertz CT molecular complexity index is 1110. The number of likely N-dealkylation sites (tertiary alicyclic amines) is 1. The molecule has 1 fully saturated rings. The van der Waals surface area contributed by atoms with Crippen molar-refractivity contribution in [1.82, 2.24) is 19.9 Å². The van der Waals surface area contributed by atoms with E-state index < -0.39 is 0 Å². The highest BCUT2D eigenvalue weighted by molar-refractivity contribution is 5.79. The molecule has 4 rings (SSSR count). The van der Waals surface area contributed by atoms with E-state index in [1.165, 1.54) is 5.56 Å². The van der Waals surface area contributed by atoms with E-state index in [0.29, 0.717) is 42.8 Å². The fourth-order valence-corrected chi connectivity index (χ4v) is 4.36. The molecule has 1 atom stereocenters. The second-order valence-corrected chi connectivity index (χ2v) is 8.84. The Morgan fingerprint density at radius 2 is 1.91 bits per heavy atom. The number of ether oxygens (including phenoxy) is 2. The molecule has 0 saturated carbocycles. The number of benzene rings is 2. The molecule has 0 radical (unpaired) electrons. The average molecular weight is 465 g/mol. The Kier molecular flexibility index (Phi) is 7.47. The molecule has 8 nitrogen and oxygen atoms in total. The summed E-state index contributed by atoms with van der Waals surface area (Å²) in [6, 6.07) is 13.8. The smallest absolute Gasteiger partial charge is 0.241 e. The van der Waals surface area contributed by atoms with E-state index in [1.807, 2.05) is 30.1 Å². The highest BCUT2D eigenvalue weighted by atomic mass is 16.5. The topological polar surface area (TPSA) is 80.9 Å². The van der Waals surface area contributed by atoms with Crippen LogP contribution in [0, 0.1) is 12.8 Å². The summed E-state index contributed by atoms with van der Waals surface area (Å²) in [5, 5.41) is 4.13. The minimum absolute atomic E-state index is 0.0301. The first-order valence-corrected chi connectivity index (χ1v) is 11.5. The van der Waals surface area contributed by atoms with E-state index in [0.717, 1.165) is 30.5 Å². The van der Waals surface area contributed by atoms with Crippen LogP contribution in [0.3, 0.4) is 0 Å². The van der Waals surface area contributed by atoms with Crippen molar-refractivity contribution in [2.75, 3.05) is 34.4 Å². The van der Waals surface area contributed by atoms with Crippen LogP contribution in [0.1, 0.15) is 29.9 Å². The zero-order chi connectivity index (χ0) is 24.1. The minimum atomic E-state index is -0.0301. The third-order valence-electron chi connectivity index (χ3n) is 6.24. The molecule has 1 aromatic heterocycles. The standard InChI is InChI=1S/C26H32N4O4/c1-18-7-9-19(10-8-18)15-29(2)26(31)21-6-5-13-30(16-21)17-24-27-25(28-34-24)20-11-12-22(32-3)23(14-20)33-4/h7-12,14,21H,5-6,13,15-17H2,1-4H3. The lowest BCUT2D eigenvalue weighted by atomic mass is 9.96. The summed E-state index contributed by atoms with van der Waals surface area (Å²) in [6.07, 6.45) is 1.86. The summed E-state index contributed by atoms with van der Waals surface area (Å²) >= 11 is 0. The predicted molar refractivity (Wildman–Crippen MR) is 128 cm³/mol. The number of carbonyl (C=O) groups excluding carboxylic acids is 1. The lowest BCUT2D eigenvalue weighted by Gasteiger charge is -2.33. The second-order valence-electron chi connectivity index (χ2n) is 8.84. The van der Waals surface area contributed by atoms with Crippen LogP contribution in [0.15, 0.2) is 47.0 Å². The summed E-state index contributed by atoms with van der Waals surface area (Å²) in [7, 11) is 5.07. The zero-order valence-electron chi connectivity index (χ0n) is 20.3. The first kappa shape index (κ1) is 23.8. The summed E-state index contributed by atoms with van der Waals surface area (Å²) in [5.41, 5.74) is 3.15. The van der Waals surface area contributed by atoms with Gasteiger partial charge in [0.05, 0.1) is 26.7 Å². The van der Waals surface area contributed by atoms with Gasteiger partial charge in [0.15, 0.2) is 11.5 Å². The monoisotopic (exact) mass is 464 g/mol. The van der Waals surface area contributed by atoms with Gasteiger partial charge in [0, 0.05) is 25.7 Å². The van der Waals surface area contributed by atoms with Gasteiger partial charge in [-0.15, -0.1) is 0 Å². The second kappa shape index (κ2) is 10.7. The van der Waals surface area contributed by atoms with Gasteiger partial charge in [0.25, 0.3) is 0 Å². The molecule has 2 aromatic carbocycles. The van der Waals surface area contributed by atoms with E-state index in [4.69, 9.17) is 14.0 Å². The zero-order valence-corrected chi connectivity index (χ0v) is 20.3. The molecule has 0 aliphatic carbocycles. The molecule has 1 aliphatic rings. The molecule has 1 aliphatic heterocycles. The minimum Gasteiger partial charge on any atom is -0.493 e. The molecule has 3 aromatic rings. The van der Waals surface area contributed by atoms with Gasteiger partial charge >= 0.3 is 0 Å². The van der Waals surface area contributed by atoms with Gasteiger partial charge in [0.1, 0.15) is 0 Å². The van der Waals surface area contributed by atoms with Crippen LogP contribution >= 0.6 is 0 Å². The van der Waals surface area contributed by atoms with Crippen LogP contribution in [0.4, 0.5) is 0 Å². The van der Waals surface area contributed by atoms with E-state index >= 15 is 0 Å². The van der Waals surface area contributed by atoms with Gasteiger partial charge in [-0.3, -0.25) is 9.69 Å². The van der Waals surface area contributed by atoms with Gasteiger partial charge in [-0.2, -0.15) is 4.98 Å². The molecule has 1 saturated heterocycles.